The predicted molar refractivity (Wildman–Crippen MR) is 144 cm³/mol. The first kappa shape index (κ1) is 25.2. The van der Waals surface area contributed by atoms with E-state index in [1.54, 1.807) is 49.9 Å². The average molecular weight is 536 g/mol. The van der Waals surface area contributed by atoms with E-state index in [9.17, 15) is 14.4 Å². The highest BCUT2D eigenvalue weighted by Crippen LogP contribution is 2.37. The van der Waals surface area contributed by atoms with Crippen molar-refractivity contribution in [2.75, 3.05) is 4.90 Å². The number of aromatic nitrogens is 1. The fourth-order valence-electron chi connectivity index (χ4n) is 4.84. The maximum absolute atomic E-state index is 14.1. The molecule has 0 fully saturated rings. The van der Waals surface area contributed by atoms with Gasteiger partial charge in [0.25, 0.3) is 11.5 Å². The number of para-hydroxylation sites is 1. The molecule has 2 aromatic carbocycles. The van der Waals surface area contributed by atoms with E-state index in [0.29, 0.717) is 36.8 Å². The molecule has 0 saturated carbocycles. The standard InChI is InChI=1S/C28H26ClN3O4S/c1-14(2)31-20-9-7-6-8-19(20)22(25(31)33)24-26(34)32-23(17-10-12-18(29)13-11-17)21(27(35)36-15(3)4)16(5)30-28(32)37-24/h6-15,23H,1-5H3/b24-22+/t23-/m1/s1. The van der Waals surface area contributed by atoms with Crippen LogP contribution in [0.25, 0.3) is 5.57 Å². The van der Waals surface area contributed by atoms with E-state index in [1.807, 2.05) is 38.1 Å². The molecule has 1 aromatic heterocycles. The van der Waals surface area contributed by atoms with E-state index in [1.165, 1.54) is 4.57 Å². The smallest absolute Gasteiger partial charge is 0.338 e. The van der Waals surface area contributed by atoms with Crippen molar-refractivity contribution in [3.63, 3.8) is 0 Å². The van der Waals surface area contributed by atoms with Crippen molar-refractivity contribution in [3.05, 3.63) is 95.6 Å². The molecule has 0 bridgehead atoms. The quantitative estimate of drug-likeness (QED) is 0.474. The number of carbonyl (C=O) groups excluding carboxylic acids is 2. The van der Waals surface area contributed by atoms with Crippen molar-refractivity contribution >= 4 is 46.1 Å². The van der Waals surface area contributed by atoms with Crippen LogP contribution in [0.2, 0.25) is 5.02 Å². The van der Waals surface area contributed by atoms with Gasteiger partial charge in [0.15, 0.2) is 4.80 Å². The highest BCUT2D eigenvalue weighted by Gasteiger charge is 2.38. The molecule has 37 heavy (non-hydrogen) atoms. The number of rotatable bonds is 4. The Morgan fingerprint density at radius 2 is 1.73 bits per heavy atom. The number of nitrogens with zero attached hydrogens (tertiary/aromatic N) is 3. The molecule has 190 valence electrons. The number of carbonyl (C=O) groups is 2. The molecule has 0 spiro atoms. The third-order valence-electron chi connectivity index (χ3n) is 6.35. The van der Waals surface area contributed by atoms with E-state index >= 15 is 0 Å². The van der Waals surface area contributed by atoms with Crippen LogP contribution < -0.4 is 19.8 Å². The van der Waals surface area contributed by atoms with Gasteiger partial charge in [-0.25, -0.2) is 9.79 Å². The highest BCUT2D eigenvalue weighted by molar-refractivity contribution is 7.07. The van der Waals surface area contributed by atoms with Gasteiger partial charge in [-0.2, -0.15) is 0 Å². The largest absolute Gasteiger partial charge is 0.459 e. The van der Waals surface area contributed by atoms with Crippen LogP contribution in [0.5, 0.6) is 0 Å². The molecule has 1 amide bonds. The lowest BCUT2D eigenvalue weighted by molar-refractivity contribution is -0.143. The third-order valence-corrected chi connectivity index (χ3v) is 7.66. The Bertz CT molecular complexity index is 1650. The number of halogens is 1. The van der Waals surface area contributed by atoms with Crippen LogP contribution in [-0.2, 0) is 14.3 Å². The predicted octanol–water partition coefficient (Wildman–Crippen LogP) is 3.97. The molecule has 2 aliphatic rings. The lowest BCUT2D eigenvalue weighted by atomic mass is 9.96. The SMILES string of the molecule is CC1=C(C(=O)OC(C)C)[C@@H](c2ccc(Cl)cc2)n2c(s/c(=C3/C(=O)N(C(C)C)c4ccccc43)c2=O)=N1. The van der Waals surface area contributed by atoms with E-state index in [0.717, 1.165) is 17.0 Å². The molecule has 3 aromatic rings. The van der Waals surface area contributed by atoms with Crippen LogP contribution in [0.3, 0.4) is 0 Å². The van der Waals surface area contributed by atoms with Crippen molar-refractivity contribution in [2.45, 2.75) is 52.8 Å². The molecule has 0 saturated heterocycles. The van der Waals surface area contributed by atoms with Crippen molar-refractivity contribution < 1.29 is 14.3 Å². The van der Waals surface area contributed by atoms with Gasteiger partial charge in [-0.05, 0) is 58.4 Å². The Labute approximate surface area is 223 Å². The number of ether oxygens (including phenoxy) is 1. The molecule has 3 heterocycles. The molecule has 2 aliphatic heterocycles. The van der Waals surface area contributed by atoms with Gasteiger partial charge in [-0.15, -0.1) is 0 Å². The number of esters is 1. The van der Waals surface area contributed by atoms with Crippen LogP contribution in [0, 0.1) is 0 Å². The fourth-order valence-corrected chi connectivity index (χ4v) is 6.11. The summed E-state index contributed by atoms with van der Waals surface area (Å²) in [5.41, 5.74) is 2.89. The lowest BCUT2D eigenvalue weighted by Crippen LogP contribution is -2.41. The van der Waals surface area contributed by atoms with Gasteiger partial charge >= 0.3 is 5.97 Å². The number of hydrogen-bond donors (Lipinski definition) is 0. The molecule has 7 nitrogen and oxygen atoms in total. The van der Waals surface area contributed by atoms with Crippen molar-refractivity contribution in [3.8, 4) is 0 Å². The van der Waals surface area contributed by atoms with E-state index in [2.05, 4.69) is 4.99 Å². The second kappa shape index (κ2) is 9.43. The summed E-state index contributed by atoms with van der Waals surface area (Å²) in [4.78, 5) is 47.7. The molecule has 9 heteroatoms. The van der Waals surface area contributed by atoms with Gasteiger partial charge in [0.05, 0.1) is 34.7 Å². The Balaban J connectivity index is 1.81. The van der Waals surface area contributed by atoms with Crippen LogP contribution in [0.4, 0.5) is 5.69 Å². The Morgan fingerprint density at radius 3 is 2.38 bits per heavy atom. The van der Waals surface area contributed by atoms with Gasteiger partial charge < -0.3 is 9.64 Å². The highest BCUT2D eigenvalue weighted by atomic mass is 35.5. The summed E-state index contributed by atoms with van der Waals surface area (Å²) < 4.78 is 7.33. The first-order chi connectivity index (χ1) is 17.6. The van der Waals surface area contributed by atoms with Gasteiger partial charge in [0.2, 0.25) is 0 Å². The fraction of sp³-hybridized carbons (Fsp3) is 0.286. The number of hydrogen-bond acceptors (Lipinski definition) is 6. The first-order valence-electron chi connectivity index (χ1n) is 12.0. The molecule has 5 rings (SSSR count). The maximum Gasteiger partial charge on any atom is 0.338 e. The van der Waals surface area contributed by atoms with Gasteiger partial charge in [-0.3, -0.25) is 14.2 Å². The zero-order valence-electron chi connectivity index (χ0n) is 21.1. The molecular weight excluding hydrogens is 510 g/mol. The summed E-state index contributed by atoms with van der Waals surface area (Å²) in [5.74, 6) is -0.762. The van der Waals surface area contributed by atoms with Gasteiger partial charge in [0.1, 0.15) is 4.53 Å². The number of benzene rings is 2. The minimum Gasteiger partial charge on any atom is -0.459 e. The second-order valence-corrected chi connectivity index (χ2v) is 11.0. The molecule has 0 aliphatic carbocycles. The van der Waals surface area contributed by atoms with Gasteiger partial charge in [-0.1, -0.05) is 53.3 Å². The molecule has 0 unspecified atom stereocenters. The topological polar surface area (TPSA) is 81.0 Å². The summed E-state index contributed by atoms with van der Waals surface area (Å²) in [6, 6.07) is 13.6. The lowest BCUT2D eigenvalue weighted by Gasteiger charge is -2.25. The van der Waals surface area contributed by atoms with Crippen molar-refractivity contribution in [2.24, 2.45) is 4.99 Å². The normalized spacial score (nSPS) is 18.3. The Hall–Kier alpha value is -3.49. The monoisotopic (exact) mass is 535 g/mol. The van der Waals surface area contributed by atoms with E-state index in [4.69, 9.17) is 16.3 Å². The van der Waals surface area contributed by atoms with Crippen molar-refractivity contribution in [1.82, 2.24) is 4.57 Å². The summed E-state index contributed by atoms with van der Waals surface area (Å²) in [7, 11) is 0. The Kier molecular flexibility index (Phi) is 6.41. The van der Waals surface area contributed by atoms with E-state index < -0.39 is 12.0 Å². The van der Waals surface area contributed by atoms with Crippen LogP contribution >= 0.6 is 22.9 Å². The number of allylic oxidation sites excluding steroid dienone is 1. The van der Waals surface area contributed by atoms with Crippen LogP contribution in [0.15, 0.2) is 69.6 Å². The number of thiazole rings is 1. The minimum absolute atomic E-state index is 0.0867. The molecule has 0 N–H and O–H groups in total. The second-order valence-electron chi connectivity index (χ2n) is 9.57. The summed E-state index contributed by atoms with van der Waals surface area (Å²) in [6.45, 7) is 9.15. The zero-order valence-corrected chi connectivity index (χ0v) is 22.7. The van der Waals surface area contributed by atoms with Crippen molar-refractivity contribution in [1.29, 1.82) is 0 Å². The summed E-state index contributed by atoms with van der Waals surface area (Å²) in [6.07, 6.45) is -0.347. The summed E-state index contributed by atoms with van der Waals surface area (Å²) in [5, 5.41) is 0.535. The minimum atomic E-state index is -0.776. The first-order valence-corrected chi connectivity index (χ1v) is 13.2. The van der Waals surface area contributed by atoms with Crippen LogP contribution in [0.1, 0.15) is 51.8 Å². The third kappa shape index (κ3) is 4.14. The molecule has 1 atom stereocenters. The van der Waals surface area contributed by atoms with Gasteiger partial charge in [0, 0.05) is 16.6 Å². The number of amides is 1. The van der Waals surface area contributed by atoms with E-state index in [-0.39, 0.29) is 29.2 Å². The average Bonchev–Trinajstić information content (AvgIpc) is 3.30. The molecule has 0 radical (unpaired) electrons. The Morgan fingerprint density at radius 1 is 1.05 bits per heavy atom. The maximum atomic E-state index is 14.1. The number of fused-ring (bicyclic) bond motifs is 2. The van der Waals surface area contributed by atoms with Crippen LogP contribution in [-0.4, -0.2) is 28.6 Å². The molecular formula is C28H26ClN3O4S. The zero-order chi connectivity index (χ0) is 26.6. The summed E-state index contributed by atoms with van der Waals surface area (Å²) >= 11 is 7.30. The number of anilines is 1.